The van der Waals surface area contributed by atoms with Crippen molar-refractivity contribution in [2.45, 2.75) is 44.6 Å². The SMILES string of the molecule is O=C(CNCC(C1CC1)C1CC1)NC1CCOCC1. The maximum Gasteiger partial charge on any atom is 0.234 e. The first-order chi connectivity index (χ1) is 9.33. The maximum absolute atomic E-state index is 11.8. The summed E-state index contributed by atoms with van der Waals surface area (Å²) in [6.07, 6.45) is 7.57. The highest BCUT2D eigenvalue weighted by molar-refractivity contribution is 5.78. The molecule has 0 radical (unpaired) electrons. The zero-order valence-electron chi connectivity index (χ0n) is 11.7. The van der Waals surface area contributed by atoms with Gasteiger partial charge in [-0.2, -0.15) is 0 Å². The summed E-state index contributed by atoms with van der Waals surface area (Å²) < 4.78 is 5.29. The minimum atomic E-state index is 0.150. The molecule has 0 unspecified atom stereocenters. The van der Waals surface area contributed by atoms with Crippen molar-refractivity contribution in [2.24, 2.45) is 17.8 Å². The lowest BCUT2D eigenvalue weighted by molar-refractivity contribution is -0.121. The minimum absolute atomic E-state index is 0.150. The first-order valence-corrected chi connectivity index (χ1v) is 7.91. The van der Waals surface area contributed by atoms with Crippen LogP contribution < -0.4 is 10.6 Å². The molecule has 1 aliphatic heterocycles. The highest BCUT2D eigenvalue weighted by Gasteiger charge is 2.40. The third-order valence-electron chi connectivity index (χ3n) is 4.71. The maximum atomic E-state index is 11.8. The predicted molar refractivity (Wildman–Crippen MR) is 73.8 cm³/mol. The van der Waals surface area contributed by atoms with Crippen LogP contribution in [0.15, 0.2) is 0 Å². The molecule has 0 aromatic heterocycles. The predicted octanol–water partition coefficient (Wildman–Crippen LogP) is 1.31. The van der Waals surface area contributed by atoms with Crippen LogP contribution in [0.25, 0.3) is 0 Å². The second-order valence-corrected chi connectivity index (χ2v) is 6.42. The Bertz CT molecular complexity index is 295. The lowest BCUT2D eigenvalue weighted by Crippen LogP contribution is -2.43. The third-order valence-corrected chi connectivity index (χ3v) is 4.71. The van der Waals surface area contributed by atoms with Crippen LogP contribution in [0, 0.1) is 17.8 Å². The lowest BCUT2D eigenvalue weighted by atomic mass is 9.98. The summed E-state index contributed by atoms with van der Waals surface area (Å²) in [6.45, 7) is 3.08. The molecule has 2 N–H and O–H groups in total. The van der Waals surface area contributed by atoms with Crippen molar-refractivity contribution in [1.29, 1.82) is 0 Å². The summed E-state index contributed by atoms with van der Waals surface area (Å²) >= 11 is 0. The van der Waals surface area contributed by atoms with Gasteiger partial charge < -0.3 is 15.4 Å². The molecule has 4 heteroatoms. The van der Waals surface area contributed by atoms with Gasteiger partial charge in [-0.3, -0.25) is 4.79 Å². The molecule has 0 aromatic rings. The van der Waals surface area contributed by atoms with Crippen molar-refractivity contribution in [1.82, 2.24) is 10.6 Å². The number of hydrogen-bond acceptors (Lipinski definition) is 3. The fourth-order valence-corrected chi connectivity index (χ4v) is 3.24. The average molecular weight is 266 g/mol. The smallest absolute Gasteiger partial charge is 0.234 e. The molecule has 108 valence electrons. The van der Waals surface area contributed by atoms with Crippen molar-refractivity contribution in [2.75, 3.05) is 26.3 Å². The van der Waals surface area contributed by atoms with E-state index in [1.165, 1.54) is 25.7 Å². The van der Waals surface area contributed by atoms with Crippen LogP contribution in [0.5, 0.6) is 0 Å². The molecule has 1 amide bonds. The summed E-state index contributed by atoms with van der Waals surface area (Å²) in [4.78, 5) is 11.8. The van der Waals surface area contributed by atoms with Gasteiger partial charge in [0.1, 0.15) is 0 Å². The summed E-state index contributed by atoms with van der Waals surface area (Å²) in [5.74, 6) is 2.91. The Hall–Kier alpha value is -0.610. The van der Waals surface area contributed by atoms with E-state index in [0.29, 0.717) is 12.6 Å². The van der Waals surface area contributed by atoms with Gasteiger partial charge in [0.05, 0.1) is 6.54 Å². The van der Waals surface area contributed by atoms with Crippen molar-refractivity contribution in [3.05, 3.63) is 0 Å². The van der Waals surface area contributed by atoms with Gasteiger partial charge in [-0.15, -0.1) is 0 Å². The van der Waals surface area contributed by atoms with Crippen LogP contribution in [0.2, 0.25) is 0 Å². The molecule has 1 heterocycles. The lowest BCUT2D eigenvalue weighted by Gasteiger charge is -2.23. The van der Waals surface area contributed by atoms with Gasteiger partial charge in [-0.05, 0) is 62.8 Å². The van der Waals surface area contributed by atoms with Gasteiger partial charge in [0, 0.05) is 19.3 Å². The number of carbonyl (C=O) groups is 1. The van der Waals surface area contributed by atoms with E-state index in [9.17, 15) is 4.79 Å². The number of nitrogens with one attached hydrogen (secondary N) is 2. The largest absolute Gasteiger partial charge is 0.381 e. The highest BCUT2D eigenvalue weighted by atomic mass is 16.5. The van der Waals surface area contributed by atoms with Gasteiger partial charge in [-0.25, -0.2) is 0 Å². The van der Waals surface area contributed by atoms with Crippen LogP contribution in [0.1, 0.15) is 38.5 Å². The van der Waals surface area contributed by atoms with E-state index in [1.54, 1.807) is 0 Å². The Morgan fingerprint density at radius 3 is 2.26 bits per heavy atom. The minimum Gasteiger partial charge on any atom is -0.381 e. The van der Waals surface area contributed by atoms with Crippen LogP contribution in [-0.2, 0) is 9.53 Å². The van der Waals surface area contributed by atoms with Gasteiger partial charge in [0.15, 0.2) is 0 Å². The molecule has 0 atom stereocenters. The Labute approximate surface area is 115 Å². The first kappa shape index (κ1) is 13.4. The first-order valence-electron chi connectivity index (χ1n) is 7.91. The molecular formula is C15H26N2O2. The Morgan fingerprint density at radius 2 is 1.68 bits per heavy atom. The number of hydrogen-bond donors (Lipinski definition) is 2. The van der Waals surface area contributed by atoms with Gasteiger partial charge in [0.25, 0.3) is 0 Å². The molecule has 4 nitrogen and oxygen atoms in total. The zero-order valence-corrected chi connectivity index (χ0v) is 11.7. The van der Waals surface area contributed by atoms with Gasteiger partial charge >= 0.3 is 0 Å². The van der Waals surface area contributed by atoms with Crippen molar-refractivity contribution < 1.29 is 9.53 Å². The number of carbonyl (C=O) groups excluding carboxylic acids is 1. The van der Waals surface area contributed by atoms with Crippen molar-refractivity contribution in [3.8, 4) is 0 Å². The van der Waals surface area contributed by atoms with Crippen LogP contribution >= 0.6 is 0 Å². The molecule has 3 rings (SSSR count). The second kappa shape index (κ2) is 6.23. The van der Waals surface area contributed by atoms with E-state index in [-0.39, 0.29) is 5.91 Å². The van der Waals surface area contributed by atoms with Crippen molar-refractivity contribution in [3.63, 3.8) is 0 Å². The molecule has 2 aliphatic carbocycles. The second-order valence-electron chi connectivity index (χ2n) is 6.42. The molecule has 3 fully saturated rings. The number of rotatable bonds is 7. The highest BCUT2D eigenvalue weighted by Crippen LogP contribution is 2.48. The normalized spacial score (nSPS) is 24.7. The zero-order chi connectivity index (χ0) is 13.1. The Balaban J connectivity index is 1.31. The van der Waals surface area contributed by atoms with E-state index < -0.39 is 0 Å². The molecule has 1 saturated heterocycles. The molecule has 3 aliphatic rings. The number of amides is 1. The van der Waals surface area contributed by atoms with Crippen LogP contribution in [0.4, 0.5) is 0 Å². The van der Waals surface area contributed by atoms with E-state index >= 15 is 0 Å². The third kappa shape index (κ3) is 4.18. The monoisotopic (exact) mass is 266 g/mol. The molecule has 19 heavy (non-hydrogen) atoms. The van der Waals surface area contributed by atoms with Crippen molar-refractivity contribution >= 4 is 5.91 Å². The standard InChI is InChI=1S/C15H26N2O2/c18-15(17-13-5-7-19-8-6-13)10-16-9-14(11-1-2-11)12-3-4-12/h11-14,16H,1-10H2,(H,17,18). The Kier molecular flexibility index (Phi) is 4.38. The molecule has 0 spiro atoms. The summed E-state index contributed by atoms with van der Waals surface area (Å²) in [7, 11) is 0. The van der Waals surface area contributed by atoms with E-state index in [2.05, 4.69) is 10.6 Å². The average Bonchev–Trinajstić information content (AvgIpc) is 3.29. The van der Waals surface area contributed by atoms with Gasteiger partial charge in [-0.1, -0.05) is 0 Å². The molecular weight excluding hydrogens is 240 g/mol. The van der Waals surface area contributed by atoms with Crippen LogP contribution in [-0.4, -0.2) is 38.3 Å². The topological polar surface area (TPSA) is 50.4 Å². The molecule has 0 aromatic carbocycles. The van der Waals surface area contributed by atoms with Gasteiger partial charge in [0.2, 0.25) is 5.91 Å². The fourth-order valence-electron chi connectivity index (χ4n) is 3.24. The quantitative estimate of drug-likeness (QED) is 0.730. The summed E-state index contributed by atoms with van der Waals surface area (Å²) in [6, 6.07) is 0.325. The number of ether oxygens (including phenoxy) is 1. The molecule has 0 bridgehead atoms. The summed E-state index contributed by atoms with van der Waals surface area (Å²) in [5.41, 5.74) is 0. The van der Waals surface area contributed by atoms with E-state index in [1.807, 2.05) is 0 Å². The van der Waals surface area contributed by atoms with E-state index in [4.69, 9.17) is 4.74 Å². The fraction of sp³-hybridized carbons (Fsp3) is 0.933. The Morgan fingerprint density at radius 1 is 1.05 bits per heavy atom. The van der Waals surface area contributed by atoms with E-state index in [0.717, 1.165) is 50.4 Å². The summed E-state index contributed by atoms with van der Waals surface area (Å²) in [5, 5.41) is 6.48. The molecule has 2 saturated carbocycles. The van der Waals surface area contributed by atoms with Crippen LogP contribution in [0.3, 0.4) is 0 Å².